The maximum atomic E-state index is 11.3. The number of aliphatic hydroxyl groups is 2. The average molecular weight is 224 g/mol. The molecule has 0 aliphatic carbocycles. The third-order valence-electron chi connectivity index (χ3n) is 2.53. The molecule has 0 bridgehead atoms. The van der Waals surface area contributed by atoms with Gasteiger partial charge in [0.05, 0.1) is 0 Å². The molecule has 0 radical (unpaired) electrons. The van der Waals surface area contributed by atoms with E-state index in [1.54, 1.807) is 19.1 Å². The molecule has 2 heterocycles. The summed E-state index contributed by atoms with van der Waals surface area (Å²) in [5.74, 6) is -0.517. The second kappa shape index (κ2) is 3.77. The van der Waals surface area contributed by atoms with Crippen molar-refractivity contribution in [2.75, 3.05) is 0 Å². The molecule has 3 atom stereocenters. The van der Waals surface area contributed by atoms with Gasteiger partial charge in [0.2, 0.25) is 0 Å². The van der Waals surface area contributed by atoms with E-state index in [2.05, 4.69) is 6.58 Å². The summed E-state index contributed by atoms with van der Waals surface area (Å²) in [6.45, 7) is 5.26. The van der Waals surface area contributed by atoms with E-state index in [1.165, 1.54) is 0 Å². The van der Waals surface area contributed by atoms with Crippen LogP contribution >= 0.6 is 0 Å². The maximum absolute atomic E-state index is 11.3. The number of allylic oxidation sites excluding steroid dienone is 1. The second-order valence-electron chi connectivity index (χ2n) is 3.60. The molecule has 16 heavy (non-hydrogen) atoms. The van der Waals surface area contributed by atoms with Crippen LogP contribution in [0.5, 0.6) is 0 Å². The number of ether oxygens (including phenoxy) is 2. The van der Waals surface area contributed by atoms with Gasteiger partial charge in [-0.25, -0.2) is 4.79 Å². The first-order chi connectivity index (χ1) is 7.56. The normalized spacial score (nSPS) is 34.1. The smallest absolute Gasteiger partial charge is 0.346 e. The standard InChI is InChI=1S/C11H12O5/c1-3-4-6-8(12)9(13)7-10(16-6)5(2)15-11(7)14/h3-4,6,8-9,12-13H,2H2,1H3/b4-3+/t6-,8-,9-/m1/s1. The van der Waals surface area contributed by atoms with Gasteiger partial charge in [0.25, 0.3) is 0 Å². The Morgan fingerprint density at radius 3 is 2.75 bits per heavy atom. The summed E-state index contributed by atoms with van der Waals surface area (Å²) in [7, 11) is 0. The van der Waals surface area contributed by atoms with Gasteiger partial charge in [-0.15, -0.1) is 0 Å². The zero-order chi connectivity index (χ0) is 11.9. The number of rotatable bonds is 1. The van der Waals surface area contributed by atoms with Crippen LogP contribution in [0.25, 0.3) is 0 Å². The summed E-state index contributed by atoms with van der Waals surface area (Å²) in [6, 6.07) is 0. The highest BCUT2D eigenvalue weighted by Crippen LogP contribution is 2.35. The molecule has 2 N–H and O–H groups in total. The van der Waals surface area contributed by atoms with E-state index in [-0.39, 0.29) is 17.1 Å². The van der Waals surface area contributed by atoms with Gasteiger partial charge in [0.15, 0.2) is 11.5 Å². The number of hydrogen-bond acceptors (Lipinski definition) is 5. The minimum atomic E-state index is -1.31. The summed E-state index contributed by atoms with van der Waals surface area (Å²) in [6.07, 6.45) is 0.0791. The van der Waals surface area contributed by atoms with Gasteiger partial charge < -0.3 is 19.7 Å². The molecule has 0 fully saturated rings. The van der Waals surface area contributed by atoms with Crippen molar-refractivity contribution in [3.63, 3.8) is 0 Å². The molecule has 5 nitrogen and oxygen atoms in total. The summed E-state index contributed by atoms with van der Waals surface area (Å²) in [5, 5.41) is 19.5. The molecule has 0 saturated heterocycles. The SMILES string of the molecule is C=C1OC(=O)C2=C1O[C@H](/C=C/C)[C@@H](O)[C@@H]2O. The highest BCUT2D eigenvalue weighted by molar-refractivity contribution is 5.95. The van der Waals surface area contributed by atoms with E-state index in [1.807, 2.05) is 0 Å². The molecular weight excluding hydrogens is 212 g/mol. The summed E-state index contributed by atoms with van der Waals surface area (Å²) >= 11 is 0. The van der Waals surface area contributed by atoms with Crippen LogP contribution in [0.1, 0.15) is 6.92 Å². The van der Waals surface area contributed by atoms with E-state index in [0.29, 0.717) is 0 Å². The average Bonchev–Trinajstić information content (AvgIpc) is 2.50. The van der Waals surface area contributed by atoms with Gasteiger partial charge in [-0.05, 0) is 13.0 Å². The number of aliphatic hydroxyl groups excluding tert-OH is 2. The van der Waals surface area contributed by atoms with Crippen LogP contribution in [0.4, 0.5) is 0 Å². The Labute approximate surface area is 92.3 Å². The fraction of sp³-hybridized carbons (Fsp3) is 0.364. The zero-order valence-electron chi connectivity index (χ0n) is 8.71. The first-order valence-electron chi connectivity index (χ1n) is 4.87. The second-order valence-corrected chi connectivity index (χ2v) is 3.60. The molecule has 2 aliphatic heterocycles. The Bertz CT molecular complexity index is 407. The topological polar surface area (TPSA) is 76.0 Å². The molecule has 5 heteroatoms. The van der Waals surface area contributed by atoms with Crippen molar-refractivity contribution in [3.05, 3.63) is 35.8 Å². The number of cyclic esters (lactones) is 1. The number of carbonyl (C=O) groups excluding carboxylic acids is 1. The lowest BCUT2D eigenvalue weighted by atomic mass is 9.96. The molecule has 0 spiro atoms. The molecule has 86 valence electrons. The van der Waals surface area contributed by atoms with Gasteiger partial charge in [-0.1, -0.05) is 12.7 Å². The van der Waals surface area contributed by atoms with Crippen LogP contribution in [0, 0.1) is 0 Å². The van der Waals surface area contributed by atoms with E-state index in [0.717, 1.165) is 0 Å². The summed E-state index contributed by atoms with van der Waals surface area (Å²) in [4.78, 5) is 11.3. The van der Waals surface area contributed by atoms with Gasteiger partial charge in [-0.2, -0.15) is 0 Å². The Balaban J connectivity index is 2.40. The zero-order valence-corrected chi connectivity index (χ0v) is 8.71. The molecule has 0 aromatic rings. The van der Waals surface area contributed by atoms with Crippen LogP contribution < -0.4 is 0 Å². The van der Waals surface area contributed by atoms with Crippen LogP contribution in [0.2, 0.25) is 0 Å². The van der Waals surface area contributed by atoms with Crippen LogP contribution in [0.3, 0.4) is 0 Å². The number of hydrogen-bond donors (Lipinski definition) is 2. The van der Waals surface area contributed by atoms with Crippen LogP contribution in [0.15, 0.2) is 35.8 Å². The van der Waals surface area contributed by atoms with E-state index >= 15 is 0 Å². The quantitative estimate of drug-likeness (QED) is 0.484. The van der Waals surface area contributed by atoms with Crippen molar-refractivity contribution in [1.29, 1.82) is 0 Å². The van der Waals surface area contributed by atoms with Gasteiger partial charge >= 0.3 is 5.97 Å². The number of esters is 1. The van der Waals surface area contributed by atoms with Crippen molar-refractivity contribution in [2.45, 2.75) is 25.2 Å². The van der Waals surface area contributed by atoms with E-state index in [9.17, 15) is 15.0 Å². The minimum Gasteiger partial charge on any atom is -0.479 e. The molecule has 2 rings (SSSR count). The summed E-state index contributed by atoms with van der Waals surface area (Å²) in [5.41, 5.74) is -0.0572. The third-order valence-corrected chi connectivity index (χ3v) is 2.53. The molecule has 0 unspecified atom stereocenters. The van der Waals surface area contributed by atoms with Crippen molar-refractivity contribution in [3.8, 4) is 0 Å². The number of carbonyl (C=O) groups is 1. The van der Waals surface area contributed by atoms with Crippen molar-refractivity contribution >= 4 is 5.97 Å². The fourth-order valence-electron chi connectivity index (χ4n) is 1.74. The molecule has 0 aromatic carbocycles. The van der Waals surface area contributed by atoms with E-state index < -0.39 is 24.3 Å². The fourth-order valence-corrected chi connectivity index (χ4v) is 1.74. The summed E-state index contributed by atoms with van der Waals surface area (Å²) < 4.78 is 10.1. The monoisotopic (exact) mass is 224 g/mol. The van der Waals surface area contributed by atoms with Gasteiger partial charge in [-0.3, -0.25) is 0 Å². The largest absolute Gasteiger partial charge is 0.479 e. The Morgan fingerprint density at radius 2 is 2.12 bits per heavy atom. The van der Waals surface area contributed by atoms with Crippen molar-refractivity contribution in [1.82, 2.24) is 0 Å². The van der Waals surface area contributed by atoms with E-state index in [4.69, 9.17) is 9.47 Å². The molecule has 0 amide bonds. The molecular formula is C11H12O5. The van der Waals surface area contributed by atoms with Crippen molar-refractivity contribution in [2.24, 2.45) is 0 Å². The molecule has 0 saturated carbocycles. The lowest BCUT2D eigenvalue weighted by Gasteiger charge is -2.30. The van der Waals surface area contributed by atoms with Crippen molar-refractivity contribution < 1.29 is 24.5 Å². The Hall–Kier alpha value is -1.59. The highest BCUT2D eigenvalue weighted by atomic mass is 16.6. The third kappa shape index (κ3) is 1.45. The predicted molar refractivity (Wildman–Crippen MR) is 54.0 cm³/mol. The predicted octanol–water partition coefficient (Wildman–Crippen LogP) is 0.00770. The maximum Gasteiger partial charge on any atom is 0.346 e. The van der Waals surface area contributed by atoms with Crippen LogP contribution in [-0.4, -0.2) is 34.5 Å². The van der Waals surface area contributed by atoms with Gasteiger partial charge in [0, 0.05) is 0 Å². The highest BCUT2D eigenvalue weighted by Gasteiger charge is 2.45. The Morgan fingerprint density at radius 1 is 1.44 bits per heavy atom. The van der Waals surface area contributed by atoms with Crippen LogP contribution in [-0.2, 0) is 14.3 Å². The first kappa shape index (κ1) is 10.9. The molecule has 0 aromatic heterocycles. The minimum absolute atomic E-state index is 0.0572. The first-order valence-corrected chi connectivity index (χ1v) is 4.87. The van der Waals surface area contributed by atoms with Gasteiger partial charge in [0.1, 0.15) is 23.9 Å². The lowest BCUT2D eigenvalue weighted by molar-refractivity contribution is -0.135. The lowest BCUT2D eigenvalue weighted by Crippen LogP contribution is -2.43. The Kier molecular flexibility index (Phi) is 2.57. The molecule has 2 aliphatic rings.